The van der Waals surface area contributed by atoms with E-state index in [0.717, 1.165) is 24.2 Å². The van der Waals surface area contributed by atoms with Gasteiger partial charge in [0.1, 0.15) is 5.76 Å². The topological polar surface area (TPSA) is 68.0 Å². The Labute approximate surface area is 111 Å². The van der Waals surface area contributed by atoms with Crippen LogP contribution in [0.1, 0.15) is 53.5 Å². The molecule has 1 N–H and O–H groups in total. The van der Waals surface area contributed by atoms with Gasteiger partial charge in [-0.2, -0.15) is 0 Å². The molecule has 1 amide bonds. The van der Waals surface area contributed by atoms with Crippen LogP contribution in [0.2, 0.25) is 0 Å². The minimum Gasteiger partial charge on any atom is -0.360 e. The Kier molecular flexibility index (Phi) is 3.03. The van der Waals surface area contributed by atoms with Gasteiger partial charge in [-0.15, -0.1) is 0 Å². The van der Waals surface area contributed by atoms with Gasteiger partial charge in [-0.05, 0) is 31.4 Å². The molecule has 1 fully saturated rings. The van der Waals surface area contributed by atoms with Crippen LogP contribution < -0.4 is 5.32 Å². The van der Waals surface area contributed by atoms with E-state index in [2.05, 4.69) is 15.5 Å². The van der Waals surface area contributed by atoms with Crippen molar-refractivity contribution in [1.29, 1.82) is 0 Å². The molecule has 19 heavy (non-hydrogen) atoms. The van der Waals surface area contributed by atoms with Gasteiger partial charge >= 0.3 is 0 Å². The van der Waals surface area contributed by atoms with Crippen LogP contribution in [0.3, 0.4) is 0 Å². The normalized spacial score (nSPS) is 16.1. The highest BCUT2D eigenvalue weighted by Gasteiger charge is 2.29. The van der Waals surface area contributed by atoms with Crippen molar-refractivity contribution in [2.45, 2.75) is 31.7 Å². The molecule has 1 aliphatic carbocycles. The van der Waals surface area contributed by atoms with E-state index < -0.39 is 0 Å². The highest BCUT2D eigenvalue weighted by Crippen LogP contribution is 2.40. The zero-order valence-corrected chi connectivity index (χ0v) is 10.7. The lowest BCUT2D eigenvalue weighted by Gasteiger charge is -2.12. The zero-order valence-electron chi connectivity index (χ0n) is 10.7. The SMILES string of the molecule is C[C@H](NC(=O)c1cc(C2CC2)on1)c1cccnc1. The molecule has 0 saturated heterocycles. The fourth-order valence-electron chi connectivity index (χ4n) is 1.94. The molecule has 0 aromatic carbocycles. The van der Waals surface area contributed by atoms with Crippen LogP contribution in [0.15, 0.2) is 35.1 Å². The molecule has 0 spiro atoms. The van der Waals surface area contributed by atoms with Gasteiger partial charge < -0.3 is 9.84 Å². The summed E-state index contributed by atoms with van der Waals surface area (Å²) in [5.41, 5.74) is 1.31. The summed E-state index contributed by atoms with van der Waals surface area (Å²) in [6.45, 7) is 1.91. The lowest BCUT2D eigenvalue weighted by Crippen LogP contribution is -2.26. The molecule has 98 valence electrons. The van der Waals surface area contributed by atoms with Crippen LogP contribution in [0.25, 0.3) is 0 Å². The van der Waals surface area contributed by atoms with Crippen molar-refractivity contribution in [3.05, 3.63) is 47.6 Å². The Hall–Kier alpha value is -2.17. The number of aromatic nitrogens is 2. The summed E-state index contributed by atoms with van der Waals surface area (Å²) in [6, 6.07) is 5.40. The maximum atomic E-state index is 12.0. The minimum absolute atomic E-state index is 0.109. The summed E-state index contributed by atoms with van der Waals surface area (Å²) in [5, 5.41) is 6.71. The highest BCUT2D eigenvalue weighted by atomic mass is 16.5. The van der Waals surface area contributed by atoms with Crippen molar-refractivity contribution >= 4 is 5.91 Å². The molecule has 2 aromatic rings. The number of carbonyl (C=O) groups excluding carboxylic acids is 1. The van der Waals surface area contributed by atoms with Gasteiger partial charge in [0, 0.05) is 24.4 Å². The van der Waals surface area contributed by atoms with Crippen molar-refractivity contribution in [2.75, 3.05) is 0 Å². The van der Waals surface area contributed by atoms with Gasteiger partial charge in [-0.3, -0.25) is 9.78 Å². The molecule has 5 nitrogen and oxygen atoms in total. The van der Waals surface area contributed by atoms with Crippen molar-refractivity contribution in [3.63, 3.8) is 0 Å². The smallest absolute Gasteiger partial charge is 0.273 e. The molecule has 1 atom stereocenters. The van der Waals surface area contributed by atoms with Gasteiger partial charge in [0.05, 0.1) is 6.04 Å². The van der Waals surface area contributed by atoms with Crippen LogP contribution in [0.5, 0.6) is 0 Å². The second kappa shape index (κ2) is 4.84. The molecular weight excluding hydrogens is 242 g/mol. The average molecular weight is 257 g/mol. The quantitative estimate of drug-likeness (QED) is 0.913. The second-order valence-electron chi connectivity index (χ2n) is 4.87. The Morgan fingerprint density at radius 3 is 3.05 bits per heavy atom. The number of amides is 1. The summed E-state index contributed by atoms with van der Waals surface area (Å²) in [6.07, 6.45) is 5.70. The first-order valence-corrected chi connectivity index (χ1v) is 6.41. The number of nitrogens with zero attached hydrogens (tertiary/aromatic N) is 2. The monoisotopic (exact) mass is 257 g/mol. The van der Waals surface area contributed by atoms with Crippen molar-refractivity contribution in [3.8, 4) is 0 Å². The third-order valence-electron chi connectivity index (χ3n) is 3.27. The molecular formula is C14H15N3O2. The molecule has 0 unspecified atom stereocenters. The van der Waals surface area contributed by atoms with E-state index in [9.17, 15) is 4.79 Å². The first kappa shape index (κ1) is 11.9. The van der Waals surface area contributed by atoms with E-state index in [0.29, 0.717) is 11.6 Å². The van der Waals surface area contributed by atoms with Gasteiger partial charge in [0.2, 0.25) is 0 Å². The molecule has 2 heterocycles. The standard InChI is InChI=1S/C14H15N3O2/c1-9(11-3-2-6-15-8-11)16-14(18)12-7-13(19-17-12)10-4-5-10/h2-3,6-10H,4-5H2,1H3,(H,16,18)/t9-/m0/s1. The summed E-state index contributed by atoms with van der Waals surface area (Å²) in [7, 11) is 0. The van der Waals surface area contributed by atoms with Gasteiger partial charge in [-0.25, -0.2) is 0 Å². The van der Waals surface area contributed by atoms with Gasteiger partial charge in [-0.1, -0.05) is 11.2 Å². The lowest BCUT2D eigenvalue weighted by molar-refractivity contribution is 0.0930. The molecule has 2 aromatic heterocycles. The number of pyridine rings is 1. The molecule has 0 aliphatic heterocycles. The molecule has 3 rings (SSSR count). The first-order valence-electron chi connectivity index (χ1n) is 6.41. The summed E-state index contributed by atoms with van der Waals surface area (Å²) in [4.78, 5) is 16.1. The van der Waals surface area contributed by atoms with E-state index in [-0.39, 0.29) is 11.9 Å². The Balaban J connectivity index is 1.66. The maximum Gasteiger partial charge on any atom is 0.273 e. The Bertz CT molecular complexity index is 575. The Morgan fingerprint density at radius 1 is 1.53 bits per heavy atom. The molecule has 0 bridgehead atoms. The average Bonchev–Trinajstić information content (AvgIpc) is 3.17. The van der Waals surface area contributed by atoms with E-state index >= 15 is 0 Å². The van der Waals surface area contributed by atoms with Crippen LogP contribution in [0.4, 0.5) is 0 Å². The van der Waals surface area contributed by atoms with E-state index in [1.54, 1.807) is 18.5 Å². The van der Waals surface area contributed by atoms with E-state index in [4.69, 9.17) is 4.52 Å². The van der Waals surface area contributed by atoms with Crippen molar-refractivity contribution in [2.24, 2.45) is 0 Å². The van der Waals surface area contributed by atoms with Crippen LogP contribution in [-0.2, 0) is 0 Å². The molecule has 1 aliphatic rings. The van der Waals surface area contributed by atoms with Gasteiger partial charge in [0.15, 0.2) is 5.69 Å². The lowest BCUT2D eigenvalue weighted by atomic mass is 10.1. The summed E-state index contributed by atoms with van der Waals surface area (Å²) >= 11 is 0. The minimum atomic E-state index is -0.216. The van der Waals surface area contributed by atoms with Crippen LogP contribution in [-0.4, -0.2) is 16.0 Å². The molecule has 1 saturated carbocycles. The van der Waals surface area contributed by atoms with E-state index in [1.807, 2.05) is 19.1 Å². The largest absolute Gasteiger partial charge is 0.360 e. The zero-order chi connectivity index (χ0) is 13.2. The van der Waals surface area contributed by atoms with E-state index in [1.165, 1.54) is 0 Å². The third-order valence-corrected chi connectivity index (χ3v) is 3.27. The highest BCUT2D eigenvalue weighted by molar-refractivity contribution is 5.92. The Morgan fingerprint density at radius 2 is 2.37 bits per heavy atom. The third kappa shape index (κ3) is 2.65. The fourth-order valence-corrected chi connectivity index (χ4v) is 1.94. The van der Waals surface area contributed by atoms with Crippen LogP contribution >= 0.6 is 0 Å². The van der Waals surface area contributed by atoms with Crippen molar-refractivity contribution in [1.82, 2.24) is 15.5 Å². The number of hydrogen-bond acceptors (Lipinski definition) is 4. The predicted molar refractivity (Wildman–Crippen MR) is 68.6 cm³/mol. The number of nitrogens with one attached hydrogen (secondary N) is 1. The summed E-state index contributed by atoms with van der Waals surface area (Å²) < 4.78 is 5.17. The van der Waals surface area contributed by atoms with Gasteiger partial charge in [0.25, 0.3) is 5.91 Å². The fraction of sp³-hybridized carbons (Fsp3) is 0.357. The number of hydrogen-bond donors (Lipinski definition) is 1. The molecule has 0 radical (unpaired) electrons. The summed E-state index contributed by atoms with van der Waals surface area (Å²) in [5.74, 6) is 1.07. The molecule has 5 heteroatoms. The second-order valence-corrected chi connectivity index (χ2v) is 4.87. The van der Waals surface area contributed by atoms with Crippen LogP contribution in [0, 0.1) is 0 Å². The predicted octanol–water partition coefficient (Wildman–Crippen LogP) is 2.44. The number of carbonyl (C=O) groups is 1. The number of rotatable bonds is 4. The maximum absolute atomic E-state index is 12.0. The first-order chi connectivity index (χ1) is 9.24. The van der Waals surface area contributed by atoms with Crippen molar-refractivity contribution < 1.29 is 9.32 Å².